The van der Waals surface area contributed by atoms with E-state index in [9.17, 15) is 4.79 Å². The van der Waals surface area contributed by atoms with Crippen molar-refractivity contribution in [3.63, 3.8) is 0 Å². The van der Waals surface area contributed by atoms with E-state index in [4.69, 9.17) is 10.8 Å². The van der Waals surface area contributed by atoms with Gasteiger partial charge in [-0.05, 0) is 42.5 Å². The van der Waals surface area contributed by atoms with E-state index in [0.717, 1.165) is 9.26 Å². The van der Waals surface area contributed by atoms with Gasteiger partial charge in [0.05, 0.1) is 11.5 Å². The summed E-state index contributed by atoms with van der Waals surface area (Å²) in [6, 6.07) is 1.33. The van der Waals surface area contributed by atoms with Gasteiger partial charge in [0.1, 0.15) is 0 Å². The van der Waals surface area contributed by atoms with Crippen molar-refractivity contribution >= 4 is 28.6 Å². The number of aromatic amines is 1. The van der Waals surface area contributed by atoms with Gasteiger partial charge in [0.2, 0.25) is 0 Å². The fourth-order valence-corrected chi connectivity index (χ4v) is 1.58. The molecule has 0 aliphatic heterocycles. The molecule has 0 fully saturated rings. The summed E-state index contributed by atoms with van der Waals surface area (Å²) >= 11 is 2.15. The predicted octanol–water partition coefficient (Wildman–Crippen LogP) is 1.73. The Morgan fingerprint density at radius 3 is 2.64 bits per heavy atom. The van der Waals surface area contributed by atoms with Crippen molar-refractivity contribution in [3.05, 3.63) is 21.5 Å². The monoisotopic (exact) mass is 308 g/mol. The molecule has 1 rings (SSSR count). The standard InChI is InChI=1S/C9H13IN2O2/c1-9(2,8(13)14)7(11)6-3-5(10)4-12-6/h3-4,7,12H,11H2,1-2H3,(H,13,14)/t7-/m0/s1. The zero-order valence-corrected chi connectivity index (χ0v) is 10.2. The summed E-state index contributed by atoms with van der Waals surface area (Å²) in [5.74, 6) is -0.894. The van der Waals surface area contributed by atoms with Crippen molar-refractivity contribution in [2.24, 2.45) is 11.1 Å². The maximum absolute atomic E-state index is 10.9. The number of carboxylic acids is 1. The molecular formula is C9H13IN2O2. The molecule has 14 heavy (non-hydrogen) atoms. The lowest BCUT2D eigenvalue weighted by Crippen LogP contribution is -2.36. The lowest BCUT2D eigenvalue weighted by molar-refractivity contribution is -0.148. The third kappa shape index (κ3) is 2.09. The molecule has 4 N–H and O–H groups in total. The number of rotatable bonds is 3. The van der Waals surface area contributed by atoms with Gasteiger partial charge in [-0.2, -0.15) is 0 Å². The molecule has 0 bridgehead atoms. The number of carbonyl (C=O) groups is 1. The second-order valence-corrected chi connectivity index (χ2v) is 5.02. The van der Waals surface area contributed by atoms with Crippen LogP contribution in [0.5, 0.6) is 0 Å². The second kappa shape index (κ2) is 3.90. The lowest BCUT2D eigenvalue weighted by atomic mass is 9.83. The van der Waals surface area contributed by atoms with Crippen LogP contribution in [0.3, 0.4) is 0 Å². The van der Waals surface area contributed by atoms with Crippen LogP contribution in [0.2, 0.25) is 0 Å². The van der Waals surface area contributed by atoms with Gasteiger partial charge in [-0.1, -0.05) is 0 Å². The average molecular weight is 308 g/mol. The van der Waals surface area contributed by atoms with Gasteiger partial charge in [-0.25, -0.2) is 0 Å². The van der Waals surface area contributed by atoms with Crippen LogP contribution >= 0.6 is 22.6 Å². The summed E-state index contributed by atoms with van der Waals surface area (Å²) in [6.07, 6.45) is 1.80. The van der Waals surface area contributed by atoms with E-state index in [0.29, 0.717) is 0 Å². The largest absolute Gasteiger partial charge is 0.481 e. The van der Waals surface area contributed by atoms with Gasteiger partial charge in [-0.3, -0.25) is 4.79 Å². The molecule has 0 amide bonds. The van der Waals surface area contributed by atoms with Crippen LogP contribution < -0.4 is 5.73 Å². The normalized spacial score (nSPS) is 14.0. The molecule has 0 aliphatic rings. The first-order valence-electron chi connectivity index (χ1n) is 4.18. The molecule has 0 unspecified atom stereocenters. The molecule has 1 aromatic heterocycles. The summed E-state index contributed by atoms with van der Waals surface area (Å²) in [5, 5.41) is 8.98. The average Bonchev–Trinajstić information content (AvgIpc) is 2.50. The third-order valence-electron chi connectivity index (χ3n) is 2.33. The van der Waals surface area contributed by atoms with Crippen LogP contribution in [0, 0.1) is 8.99 Å². The maximum atomic E-state index is 10.9. The van der Waals surface area contributed by atoms with Gasteiger partial charge < -0.3 is 15.8 Å². The fraction of sp³-hybridized carbons (Fsp3) is 0.444. The first-order valence-corrected chi connectivity index (χ1v) is 5.26. The van der Waals surface area contributed by atoms with Crippen LogP contribution in [0.25, 0.3) is 0 Å². The first-order chi connectivity index (χ1) is 6.35. The SMILES string of the molecule is CC(C)(C(=O)O)[C@@H](N)c1cc(I)c[nH]1. The molecule has 0 saturated carbocycles. The van der Waals surface area contributed by atoms with Gasteiger partial charge in [0, 0.05) is 15.5 Å². The highest BCUT2D eigenvalue weighted by Crippen LogP contribution is 2.31. The van der Waals surface area contributed by atoms with Crippen LogP contribution in [0.4, 0.5) is 0 Å². The number of nitrogens with one attached hydrogen (secondary N) is 1. The Kier molecular flexibility index (Phi) is 3.20. The Hall–Kier alpha value is -0.560. The molecule has 0 saturated heterocycles. The number of halogens is 1. The van der Waals surface area contributed by atoms with Crippen LogP contribution in [0.1, 0.15) is 25.6 Å². The third-order valence-corrected chi connectivity index (χ3v) is 2.96. The molecule has 0 aromatic carbocycles. The minimum absolute atomic E-state index is 0.525. The van der Waals surface area contributed by atoms with E-state index < -0.39 is 17.4 Å². The van der Waals surface area contributed by atoms with Crippen LogP contribution in [0.15, 0.2) is 12.3 Å². The van der Waals surface area contributed by atoms with Crippen molar-refractivity contribution in [2.75, 3.05) is 0 Å². The Morgan fingerprint density at radius 2 is 2.29 bits per heavy atom. The zero-order chi connectivity index (χ0) is 10.9. The van der Waals surface area contributed by atoms with E-state index in [1.54, 1.807) is 20.0 Å². The number of carboxylic acid groups (broad SMARTS) is 1. The topological polar surface area (TPSA) is 79.1 Å². The molecule has 78 valence electrons. The smallest absolute Gasteiger partial charge is 0.311 e. The van der Waals surface area contributed by atoms with Gasteiger partial charge in [0.25, 0.3) is 0 Å². The zero-order valence-electron chi connectivity index (χ0n) is 8.04. The van der Waals surface area contributed by atoms with E-state index in [-0.39, 0.29) is 0 Å². The van der Waals surface area contributed by atoms with E-state index in [2.05, 4.69) is 27.6 Å². The number of hydrogen-bond donors (Lipinski definition) is 3. The predicted molar refractivity (Wildman–Crippen MR) is 61.9 cm³/mol. The quantitative estimate of drug-likeness (QED) is 0.744. The van der Waals surface area contributed by atoms with Crippen molar-refractivity contribution in [1.29, 1.82) is 0 Å². The Bertz CT molecular complexity index is 346. The molecule has 0 radical (unpaired) electrons. The molecule has 5 heteroatoms. The van der Waals surface area contributed by atoms with Crippen molar-refractivity contribution in [3.8, 4) is 0 Å². The van der Waals surface area contributed by atoms with Crippen LogP contribution in [-0.4, -0.2) is 16.1 Å². The first kappa shape index (κ1) is 11.5. The number of H-pyrrole nitrogens is 1. The minimum Gasteiger partial charge on any atom is -0.481 e. The lowest BCUT2D eigenvalue weighted by Gasteiger charge is -2.26. The summed E-state index contributed by atoms with van der Waals surface area (Å²) in [4.78, 5) is 13.9. The molecule has 0 aliphatic carbocycles. The Morgan fingerprint density at radius 1 is 1.71 bits per heavy atom. The van der Waals surface area contributed by atoms with E-state index in [1.807, 2.05) is 6.07 Å². The van der Waals surface area contributed by atoms with Crippen molar-refractivity contribution < 1.29 is 9.90 Å². The van der Waals surface area contributed by atoms with E-state index in [1.165, 1.54) is 0 Å². The maximum Gasteiger partial charge on any atom is 0.311 e. The van der Waals surface area contributed by atoms with E-state index >= 15 is 0 Å². The Balaban J connectivity index is 2.95. The molecule has 1 heterocycles. The fourth-order valence-electron chi connectivity index (χ4n) is 1.09. The molecule has 0 spiro atoms. The number of aliphatic carboxylic acids is 1. The summed E-state index contributed by atoms with van der Waals surface area (Å²) < 4.78 is 1.02. The van der Waals surface area contributed by atoms with Crippen molar-refractivity contribution in [1.82, 2.24) is 4.98 Å². The summed E-state index contributed by atoms with van der Waals surface area (Å²) in [7, 11) is 0. The van der Waals surface area contributed by atoms with Crippen molar-refractivity contribution in [2.45, 2.75) is 19.9 Å². The minimum atomic E-state index is -0.964. The molecule has 1 aromatic rings. The Labute approximate surface area is 96.0 Å². The van der Waals surface area contributed by atoms with Crippen LogP contribution in [-0.2, 0) is 4.79 Å². The highest BCUT2D eigenvalue weighted by molar-refractivity contribution is 14.1. The van der Waals surface area contributed by atoms with Gasteiger partial charge >= 0.3 is 5.97 Å². The molecular weight excluding hydrogens is 295 g/mol. The van der Waals surface area contributed by atoms with Gasteiger partial charge in [-0.15, -0.1) is 0 Å². The number of aromatic nitrogens is 1. The highest BCUT2D eigenvalue weighted by atomic mass is 127. The number of nitrogens with two attached hydrogens (primary N) is 1. The molecule has 1 atom stereocenters. The highest BCUT2D eigenvalue weighted by Gasteiger charge is 2.36. The second-order valence-electron chi connectivity index (χ2n) is 3.78. The number of hydrogen-bond acceptors (Lipinski definition) is 2. The van der Waals surface area contributed by atoms with Gasteiger partial charge in [0.15, 0.2) is 0 Å². The molecule has 4 nitrogen and oxygen atoms in total. The summed E-state index contributed by atoms with van der Waals surface area (Å²) in [6.45, 7) is 3.24. The summed E-state index contributed by atoms with van der Waals surface area (Å²) in [5.41, 5.74) is 5.66.